The Kier molecular flexibility index (Phi) is 7.10. The zero-order chi connectivity index (χ0) is 27.7. The van der Waals surface area contributed by atoms with Crippen LogP contribution in [-0.4, -0.2) is 37.9 Å². The summed E-state index contributed by atoms with van der Waals surface area (Å²) in [5, 5.41) is 0. The molecule has 4 aromatic rings. The lowest BCUT2D eigenvalue weighted by Crippen LogP contribution is -2.35. The average molecular weight is 547 g/mol. The van der Waals surface area contributed by atoms with E-state index in [4.69, 9.17) is 4.74 Å². The summed E-state index contributed by atoms with van der Waals surface area (Å²) in [6.45, 7) is 3.34. The zero-order valence-electron chi connectivity index (χ0n) is 21.6. The van der Waals surface area contributed by atoms with Crippen molar-refractivity contribution in [3.8, 4) is 5.69 Å². The predicted molar refractivity (Wildman–Crippen MR) is 146 cm³/mol. The number of ether oxygens (including phenoxy) is 1. The maximum Gasteiger partial charge on any atom is 0.338 e. The van der Waals surface area contributed by atoms with E-state index in [1.807, 2.05) is 18.2 Å². The molecule has 0 atom stereocenters. The van der Waals surface area contributed by atoms with E-state index in [0.717, 1.165) is 18.4 Å². The van der Waals surface area contributed by atoms with Gasteiger partial charge in [-0.05, 0) is 80.8 Å². The molecule has 2 heterocycles. The number of halogens is 1. The van der Waals surface area contributed by atoms with E-state index in [9.17, 15) is 22.4 Å². The van der Waals surface area contributed by atoms with Gasteiger partial charge in [0.15, 0.2) is 6.61 Å². The minimum atomic E-state index is -3.81. The molecule has 1 aromatic heterocycles. The fourth-order valence-electron chi connectivity index (χ4n) is 4.98. The molecule has 3 aromatic carbocycles. The number of aryl methyl sites for hydroxylation is 2. The smallest absolute Gasteiger partial charge is 0.338 e. The number of esters is 1. The number of anilines is 1. The second-order valence-electron chi connectivity index (χ2n) is 9.40. The van der Waals surface area contributed by atoms with Crippen LogP contribution in [0.4, 0.5) is 10.1 Å². The van der Waals surface area contributed by atoms with Crippen LogP contribution in [0, 0.1) is 19.7 Å². The Morgan fingerprint density at radius 3 is 2.31 bits per heavy atom. The van der Waals surface area contributed by atoms with Crippen molar-refractivity contribution < 1.29 is 27.1 Å². The highest BCUT2D eigenvalue weighted by Crippen LogP contribution is 2.32. The number of fused-ring (bicyclic) bond motifs is 1. The van der Waals surface area contributed by atoms with E-state index in [2.05, 4.69) is 0 Å². The molecule has 1 aliphatic heterocycles. The largest absolute Gasteiger partial charge is 0.454 e. The van der Waals surface area contributed by atoms with Crippen LogP contribution < -0.4 is 4.31 Å². The highest BCUT2D eigenvalue weighted by atomic mass is 32.2. The van der Waals surface area contributed by atoms with Crippen LogP contribution in [0.5, 0.6) is 0 Å². The lowest BCUT2D eigenvalue weighted by atomic mass is 10.0. The number of ketones is 1. The molecule has 0 amide bonds. The van der Waals surface area contributed by atoms with Crippen molar-refractivity contribution >= 4 is 27.5 Å². The Morgan fingerprint density at radius 2 is 1.59 bits per heavy atom. The van der Waals surface area contributed by atoms with Crippen LogP contribution >= 0.6 is 0 Å². The third-order valence-corrected chi connectivity index (χ3v) is 8.73. The molecular weight excluding hydrogens is 519 g/mol. The molecule has 0 radical (unpaired) electrons. The van der Waals surface area contributed by atoms with Gasteiger partial charge in [-0.15, -0.1) is 0 Å². The first-order valence-corrected chi connectivity index (χ1v) is 14.0. The Morgan fingerprint density at radius 1 is 0.923 bits per heavy atom. The quantitative estimate of drug-likeness (QED) is 0.228. The van der Waals surface area contributed by atoms with Gasteiger partial charge in [0.05, 0.1) is 21.8 Å². The molecule has 200 valence electrons. The highest BCUT2D eigenvalue weighted by molar-refractivity contribution is 7.92. The summed E-state index contributed by atoms with van der Waals surface area (Å²) >= 11 is 0. The highest BCUT2D eigenvalue weighted by Gasteiger charge is 2.29. The van der Waals surface area contributed by atoms with Crippen LogP contribution in [0.25, 0.3) is 5.69 Å². The van der Waals surface area contributed by atoms with E-state index >= 15 is 0 Å². The molecule has 7 nitrogen and oxygen atoms in total. The monoisotopic (exact) mass is 546 g/mol. The number of carbonyl (C=O) groups is 2. The average Bonchev–Trinajstić information content (AvgIpc) is 3.24. The van der Waals surface area contributed by atoms with Gasteiger partial charge < -0.3 is 9.30 Å². The molecule has 0 fully saturated rings. The standard InChI is InChI=1S/C30H27FN2O5S/c1-20-18-25(21(2)33(20)28-12-6-4-10-26(28)31)29(34)19-38-30(35)23-13-15-24(16-14-23)39(36,37)32-17-7-9-22-8-3-5-11-27(22)32/h3-6,8,10-16,18H,7,9,17,19H2,1-2H3. The fraction of sp³-hybridized carbons (Fsp3) is 0.200. The van der Waals surface area contributed by atoms with Crippen LogP contribution in [0.3, 0.4) is 0 Å². The normalized spacial score (nSPS) is 13.2. The molecule has 0 saturated heterocycles. The van der Waals surface area contributed by atoms with E-state index < -0.39 is 34.2 Å². The van der Waals surface area contributed by atoms with Crippen molar-refractivity contribution in [2.24, 2.45) is 0 Å². The molecule has 39 heavy (non-hydrogen) atoms. The molecule has 9 heteroatoms. The summed E-state index contributed by atoms with van der Waals surface area (Å²) in [6.07, 6.45) is 1.54. The second-order valence-corrected chi connectivity index (χ2v) is 11.3. The number of hydrogen-bond donors (Lipinski definition) is 0. The van der Waals surface area contributed by atoms with Crippen LogP contribution in [0.1, 0.15) is 44.1 Å². The van der Waals surface area contributed by atoms with Crippen molar-refractivity contribution in [3.05, 3.63) is 113 Å². The molecule has 5 rings (SSSR count). The van der Waals surface area contributed by atoms with Gasteiger partial charge in [0.1, 0.15) is 5.82 Å². The lowest BCUT2D eigenvalue weighted by molar-refractivity contribution is 0.0474. The maximum atomic E-state index is 14.3. The topological polar surface area (TPSA) is 85.7 Å². The van der Waals surface area contributed by atoms with Crippen molar-refractivity contribution in [2.45, 2.75) is 31.6 Å². The summed E-state index contributed by atoms with van der Waals surface area (Å²) in [5.74, 6) is -1.60. The zero-order valence-corrected chi connectivity index (χ0v) is 22.4. The van der Waals surface area contributed by atoms with E-state index in [1.165, 1.54) is 34.6 Å². The fourth-order valence-corrected chi connectivity index (χ4v) is 6.52. The first kappa shape index (κ1) is 26.4. The number of carbonyl (C=O) groups excluding carboxylic acids is 2. The molecule has 0 saturated carbocycles. The summed E-state index contributed by atoms with van der Waals surface area (Å²) in [6, 6.07) is 20.8. The Bertz CT molecular complexity index is 1680. The molecule has 0 spiro atoms. The van der Waals surface area contributed by atoms with Gasteiger partial charge in [-0.1, -0.05) is 30.3 Å². The number of rotatable bonds is 7. The number of Topliss-reactive ketones (excluding diaryl/α,β-unsaturated/α-hetero) is 1. The van der Waals surface area contributed by atoms with E-state index in [-0.39, 0.29) is 10.5 Å². The van der Waals surface area contributed by atoms with Crippen LogP contribution in [0.2, 0.25) is 0 Å². The number of nitrogens with zero attached hydrogens (tertiary/aromatic N) is 2. The van der Waals surface area contributed by atoms with Gasteiger partial charge in [-0.25, -0.2) is 17.6 Å². The summed E-state index contributed by atoms with van der Waals surface area (Å²) in [4.78, 5) is 25.6. The first-order chi connectivity index (χ1) is 18.7. The molecule has 0 N–H and O–H groups in total. The van der Waals surface area contributed by atoms with Gasteiger partial charge in [-0.3, -0.25) is 9.10 Å². The summed E-state index contributed by atoms with van der Waals surface area (Å²) in [5.41, 5.74) is 3.62. The Labute approximate surface area is 226 Å². The summed E-state index contributed by atoms with van der Waals surface area (Å²) < 4.78 is 49.3. The van der Waals surface area contributed by atoms with Crippen LogP contribution in [-0.2, 0) is 21.2 Å². The van der Waals surface area contributed by atoms with Gasteiger partial charge in [0, 0.05) is 23.5 Å². The van der Waals surface area contributed by atoms with Gasteiger partial charge >= 0.3 is 5.97 Å². The number of para-hydroxylation sites is 2. The number of hydrogen-bond acceptors (Lipinski definition) is 5. The third-order valence-electron chi connectivity index (χ3n) is 6.90. The first-order valence-electron chi connectivity index (χ1n) is 12.5. The molecule has 1 aliphatic rings. The van der Waals surface area contributed by atoms with Crippen molar-refractivity contribution in [1.29, 1.82) is 0 Å². The SMILES string of the molecule is Cc1cc(C(=O)COC(=O)c2ccc(S(=O)(=O)N3CCCc4ccccc43)cc2)c(C)n1-c1ccccc1F. The van der Waals surface area contributed by atoms with Crippen molar-refractivity contribution in [2.75, 3.05) is 17.5 Å². The van der Waals surface area contributed by atoms with Gasteiger partial charge in [0.2, 0.25) is 5.78 Å². The van der Waals surface area contributed by atoms with E-state index in [1.54, 1.807) is 48.7 Å². The van der Waals surface area contributed by atoms with Crippen molar-refractivity contribution in [1.82, 2.24) is 4.57 Å². The molecular formula is C30H27FN2O5S. The Balaban J connectivity index is 1.28. The third kappa shape index (κ3) is 4.97. The van der Waals surface area contributed by atoms with Crippen LogP contribution in [0.15, 0.2) is 83.8 Å². The van der Waals surface area contributed by atoms with Gasteiger partial charge in [-0.2, -0.15) is 0 Å². The van der Waals surface area contributed by atoms with Crippen molar-refractivity contribution in [3.63, 3.8) is 0 Å². The number of benzene rings is 3. The lowest BCUT2D eigenvalue weighted by Gasteiger charge is -2.30. The van der Waals surface area contributed by atoms with Gasteiger partial charge in [0.25, 0.3) is 10.0 Å². The van der Waals surface area contributed by atoms with E-state index in [0.29, 0.717) is 34.9 Å². The number of sulfonamides is 1. The Hall–Kier alpha value is -4.24. The maximum absolute atomic E-state index is 14.3. The minimum Gasteiger partial charge on any atom is -0.454 e. The molecule has 0 bridgehead atoms. The number of aromatic nitrogens is 1. The second kappa shape index (κ2) is 10.5. The summed E-state index contributed by atoms with van der Waals surface area (Å²) in [7, 11) is -3.81. The molecule has 0 unspecified atom stereocenters. The minimum absolute atomic E-state index is 0.0624. The predicted octanol–water partition coefficient (Wildman–Crippen LogP) is 5.41. The molecule has 0 aliphatic carbocycles.